The van der Waals surface area contributed by atoms with Crippen LogP contribution in [0.2, 0.25) is 0 Å². The van der Waals surface area contributed by atoms with Gasteiger partial charge in [-0.1, -0.05) is 6.07 Å². The number of phenolic OH excluding ortho intramolecular Hbond substituents is 1. The van der Waals surface area contributed by atoms with Gasteiger partial charge < -0.3 is 20.8 Å². The molecule has 0 radical (unpaired) electrons. The number of aliphatic hydroxyl groups excluding tert-OH is 1. The van der Waals surface area contributed by atoms with Gasteiger partial charge in [0.05, 0.1) is 6.61 Å². The van der Waals surface area contributed by atoms with Gasteiger partial charge in [0, 0.05) is 18.3 Å². The van der Waals surface area contributed by atoms with Crippen LogP contribution in [0.4, 0.5) is 5.69 Å². The average molecular weight is 224 g/mol. The highest BCUT2D eigenvalue weighted by Gasteiger charge is 2.12. The molecule has 16 heavy (non-hydrogen) atoms. The smallest absolute Gasteiger partial charge is 0.313 e. The molecule has 0 aliphatic rings. The SMILES string of the molecule is O=C(NCCO)C(=O)Nc1cccc(O)c1. The number of carbonyl (C=O) groups is 2. The van der Waals surface area contributed by atoms with Crippen molar-refractivity contribution in [3.8, 4) is 5.75 Å². The van der Waals surface area contributed by atoms with Gasteiger partial charge in [-0.3, -0.25) is 9.59 Å². The largest absolute Gasteiger partial charge is 0.508 e. The Labute approximate surface area is 91.9 Å². The van der Waals surface area contributed by atoms with Crippen molar-refractivity contribution >= 4 is 17.5 Å². The molecule has 0 atom stereocenters. The van der Waals surface area contributed by atoms with Crippen molar-refractivity contribution in [2.75, 3.05) is 18.5 Å². The second kappa shape index (κ2) is 5.72. The number of amides is 2. The molecule has 6 nitrogen and oxygen atoms in total. The van der Waals surface area contributed by atoms with Gasteiger partial charge in [0.2, 0.25) is 0 Å². The first-order valence-corrected chi connectivity index (χ1v) is 4.62. The van der Waals surface area contributed by atoms with Crippen LogP contribution in [0.15, 0.2) is 24.3 Å². The fourth-order valence-electron chi connectivity index (χ4n) is 1.02. The number of nitrogens with one attached hydrogen (secondary N) is 2. The number of carbonyl (C=O) groups excluding carboxylic acids is 2. The highest BCUT2D eigenvalue weighted by molar-refractivity contribution is 6.39. The van der Waals surface area contributed by atoms with E-state index in [1.165, 1.54) is 24.3 Å². The van der Waals surface area contributed by atoms with Crippen LogP contribution in [0.1, 0.15) is 0 Å². The zero-order chi connectivity index (χ0) is 12.0. The highest BCUT2D eigenvalue weighted by atomic mass is 16.3. The molecule has 4 N–H and O–H groups in total. The van der Waals surface area contributed by atoms with Crippen LogP contribution in [0, 0.1) is 0 Å². The number of hydrogen-bond donors (Lipinski definition) is 4. The Hall–Kier alpha value is -2.08. The Morgan fingerprint density at radius 1 is 1.25 bits per heavy atom. The van der Waals surface area contributed by atoms with Crippen molar-refractivity contribution in [2.24, 2.45) is 0 Å². The molecule has 2 amide bonds. The molecule has 0 aliphatic heterocycles. The fraction of sp³-hybridized carbons (Fsp3) is 0.200. The third-order valence-electron chi connectivity index (χ3n) is 1.71. The van der Waals surface area contributed by atoms with Crippen molar-refractivity contribution in [3.63, 3.8) is 0 Å². The van der Waals surface area contributed by atoms with Crippen molar-refractivity contribution in [1.29, 1.82) is 0 Å². The number of rotatable bonds is 3. The predicted octanol–water partition coefficient (Wildman–Crippen LogP) is -0.561. The van der Waals surface area contributed by atoms with Gasteiger partial charge in [0.1, 0.15) is 5.75 Å². The van der Waals surface area contributed by atoms with E-state index in [2.05, 4.69) is 10.6 Å². The maximum atomic E-state index is 11.2. The topological polar surface area (TPSA) is 98.7 Å². The van der Waals surface area contributed by atoms with E-state index < -0.39 is 11.8 Å². The van der Waals surface area contributed by atoms with E-state index in [0.29, 0.717) is 5.69 Å². The zero-order valence-corrected chi connectivity index (χ0v) is 8.43. The van der Waals surface area contributed by atoms with Gasteiger partial charge in [-0.2, -0.15) is 0 Å². The molecule has 0 aromatic heterocycles. The zero-order valence-electron chi connectivity index (χ0n) is 8.43. The van der Waals surface area contributed by atoms with Gasteiger partial charge in [0.15, 0.2) is 0 Å². The van der Waals surface area contributed by atoms with Crippen LogP contribution < -0.4 is 10.6 Å². The molecule has 0 heterocycles. The molecule has 0 aliphatic carbocycles. The summed E-state index contributed by atoms with van der Waals surface area (Å²) in [6.07, 6.45) is 0. The highest BCUT2D eigenvalue weighted by Crippen LogP contribution is 2.14. The molecule has 0 unspecified atom stereocenters. The van der Waals surface area contributed by atoms with Crippen molar-refractivity contribution in [1.82, 2.24) is 5.32 Å². The monoisotopic (exact) mass is 224 g/mol. The van der Waals surface area contributed by atoms with E-state index in [1.54, 1.807) is 0 Å². The van der Waals surface area contributed by atoms with Crippen LogP contribution in [-0.4, -0.2) is 35.2 Å². The molecule has 6 heteroatoms. The number of phenols is 1. The second-order valence-electron chi connectivity index (χ2n) is 2.98. The maximum Gasteiger partial charge on any atom is 0.313 e. The summed E-state index contributed by atoms with van der Waals surface area (Å²) >= 11 is 0. The molecule has 1 rings (SSSR count). The van der Waals surface area contributed by atoms with E-state index in [1.807, 2.05) is 0 Å². The summed E-state index contributed by atoms with van der Waals surface area (Å²) < 4.78 is 0. The summed E-state index contributed by atoms with van der Waals surface area (Å²) in [4.78, 5) is 22.3. The summed E-state index contributed by atoms with van der Waals surface area (Å²) in [7, 11) is 0. The normalized spacial score (nSPS) is 9.56. The Morgan fingerprint density at radius 3 is 2.62 bits per heavy atom. The fourth-order valence-corrected chi connectivity index (χ4v) is 1.02. The van der Waals surface area contributed by atoms with E-state index in [0.717, 1.165) is 0 Å². The lowest BCUT2D eigenvalue weighted by molar-refractivity contribution is -0.136. The third kappa shape index (κ3) is 3.58. The van der Waals surface area contributed by atoms with E-state index in [-0.39, 0.29) is 18.9 Å². The lowest BCUT2D eigenvalue weighted by Gasteiger charge is -2.05. The molecule has 0 fully saturated rings. The lowest BCUT2D eigenvalue weighted by Crippen LogP contribution is -2.36. The standard InChI is InChI=1S/C10H12N2O4/c13-5-4-11-9(15)10(16)12-7-2-1-3-8(14)6-7/h1-3,6,13-14H,4-5H2,(H,11,15)(H,12,16). The van der Waals surface area contributed by atoms with Crippen LogP contribution in [-0.2, 0) is 9.59 Å². The van der Waals surface area contributed by atoms with Gasteiger partial charge in [0.25, 0.3) is 0 Å². The van der Waals surface area contributed by atoms with Crippen molar-refractivity contribution < 1.29 is 19.8 Å². The van der Waals surface area contributed by atoms with Gasteiger partial charge in [-0.25, -0.2) is 0 Å². The van der Waals surface area contributed by atoms with Gasteiger partial charge in [-0.15, -0.1) is 0 Å². The first-order chi connectivity index (χ1) is 7.63. The summed E-state index contributed by atoms with van der Waals surface area (Å²) in [5.74, 6) is -1.69. The van der Waals surface area contributed by atoms with Crippen molar-refractivity contribution in [2.45, 2.75) is 0 Å². The number of aliphatic hydroxyl groups is 1. The predicted molar refractivity (Wildman–Crippen MR) is 56.8 cm³/mol. The molecule has 1 aromatic carbocycles. The molecule has 0 bridgehead atoms. The van der Waals surface area contributed by atoms with Crippen LogP contribution in [0.25, 0.3) is 0 Å². The Morgan fingerprint density at radius 2 is 2.00 bits per heavy atom. The summed E-state index contributed by atoms with van der Waals surface area (Å²) in [6, 6.07) is 5.84. The minimum Gasteiger partial charge on any atom is -0.508 e. The minimum atomic E-state index is -0.848. The van der Waals surface area contributed by atoms with E-state index >= 15 is 0 Å². The van der Waals surface area contributed by atoms with E-state index in [9.17, 15) is 9.59 Å². The molecule has 0 saturated carbocycles. The summed E-state index contributed by atoms with van der Waals surface area (Å²) in [5.41, 5.74) is 0.323. The van der Waals surface area contributed by atoms with E-state index in [4.69, 9.17) is 10.2 Å². The number of anilines is 1. The maximum absolute atomic E-state index is 11.2. The first-order valence-electron chi connectivity index (χ1n) is 4.62. The Balaban J connectivity index is 2.54. The second-order valence-corrected chi connectivity index (χ2v) is 2.98. The Bertz CT molecular complexity index is 392. The minimum absolute atomic E-state index is 0.00596. The average Bonchev–Trinajstić information content (AvgIpc) is 2.25. The summed E-state index contributed by atoms with van der Waals surface area (Å²) in [6.45, 7) is -0.211. The molecule has 0 saturated heterocycles. The van der Waals surface area contributed by atoms with Gasteiger partial charge in [-0.05, 0) is 12.1 Å². The first kappa shape index (κ1) is 12.0. The number of hydrogen-bond acceptors (Lipinski definition) is 4. The summed E-state index contributed by atoms with van der Waals surface area (Å²) in [5, 5.41) is 22.1. The molecule has 1 aromatic rings. The van der Waals surface area contributed by atoms with Gasteiger partial charge >= 0.3 is 11.8 Å². The van der Waals surface area contributed by atoms with Crippen LogP contribution in [0.3, 0.4) is 0 Å². The number of benzene rings is 1. The number of aromatic hydroxyl groups is 1. The quantitative estimate of drug-likeness (QED) is 0.517. The van der Waals surface area contributed by atoms with Crippen LogP contribution in [0.5, 0.6) is 5.75 Å². The molecular weight excluding hydrogens is 212 g/mol. The van der Waals surface area contributed by atoms with Crippen LogP contribution >= 0.6 is 0 Å². The molecule has 86 valence electrons. The Kier molecular flexibility index (Phi) is 4.28. The lowest BCUT2D eigenvalue weighted by atomic mass is 10.3. The molecule has 0 spiro atoms. The third-order valence-corrected chi connectivity index (χ3v) is 1.71. The van der Waals surface area contributed by atoms with Crippen molar-refractivity contribution in [3.05, 3.63) is 24.3 Å². The molecular formula is C10H12N2O4.